The minimum absolute atomic E-state index is 0.0124. The Hall–Kier alpha value is -0.561. The predicted octanol–water partition coefficient (Wildman–Crippen LogP) is -1.37. The van der Waals surface area contributed by atoms with Crippen LogP contribution in [0.5, 0.6) is 0 Å². The third-order valence-corrected chi connectivity index (χ3v) is 3.21. The summed E-state index contributed by atoms with van der Waals surface area (Å²) in [5.41, 5.74) is 5.27. The van der Waals surface area contributed by atoms with Gasteiger partial charge in [-0.2, -0.15) is 0 Å². The average Bonchev–Trinajstić information content (AvgIpc) is 2.25. The molecule has 1 radical (unpaired) electrons. The molecule has 2 atom stereocenters. The number of hydrogen-bond acceptors (Lipinski definition) is 5. The van der Waals surface area contributed by atoms with Gasteiger partial charge in [0.05, 0.1) is 0 Å². The second-order valence-electron chi connectivity index (χ2n) is 3.51. The van der Waals surface area contributed by atoms with Crippen LogP contribution in [0.25, 0.3) is 0 Å². The van der Waals surface area contributed by atoms with Crippen LogP contribution < -0.4 is 5.73 Å². The molecule has 0 aliphatic carbocycles. The zero-order valence-electron chi connectivity index (χ0n) is 9.33. The second kappa shape index (κ2) is 7.71. The van der Waals surface area contributed by atoms with E-state index in [1.165, 1.54) is 11.9 Å². The van der Waals surface area contributed by atoms with Crippen molar-refractivity contribution in [2.45, 2.75) is 24.9 Å². The van der Waals surface area contributed by atoms with Crippen molar-refractivity contribution in [3.05, 3.63) is 0 Å². The molecule has 0 bridgehead atoms. The molecule has 0 aromatic heterocycles. The number of carboxylic acid groups (broad SMARTS) is 1. The fourth-order valence-electron chi connectivity index (χ4n) is 1.11. The summed E-state index contributed by atoms with van der Waals surface area (Å²) in [5, 5.41) is 8.56. The van der Waals surface area contributed by atoms with Crippen LogP contribution in [0, 0.1) is 0 Å². The Morgan fingerprint density at radius 1 is 1.47 bits per heavy atom. The molecule has 0 aromatic carbocycles. The molecule has 97 valence electrons. The van der Waals surface area contributed by atoms with Crippen LogP contribution in [0.15, 0.2) is 0 Å². The van der Waals surface area contributed by atoms with Crippen molar-refractivity contribution in [2.24, 2.45) is 5.73 Å². The maximum atomic E-state index is 11.7. The van der Waals surface area contributed by atoms with Gasteiger partial charge >= 0.3 is 113 Å². The molecule has 0 fully saturated rings. The summed E-state index contributed by atoms with van der Waals surface area (Å²) in [7, 11) is 1.48. The molecule has 0 saturated carbocycles. The summed E-state index contributed by atoms with van der Waals surface area (Å²) in [6.07, 6.45) is 0.0287. The molecule has 0 rings (SSSR count). The molecule has 17 heavy (non-hydrogen) atoms. The standard InChI is InChI=1S/C9H15N2O4SSe/c1-11(6(4-16)9(15)17)7(12)3-2-5(10)8(13)14/h5-6,16H,2-4,10H2,1H3,(H,13,14). The van der Waals surface area contributed by atoms with Crippen molar-refractivity contribution in [3.8, 4) is 0 Å². The number of nitrogens with zero attached hydrogens (tertiary/aromatic N) is 1. The van der Waals surface area contributed by atoms with Gasteiger partial charge in [0.2, 0.25) is 0 Å². The average molecular weight is 326 g/mol. The number of carbonyl (C=O) groups excluding carboxylic acids is 2. The number of nitrogens with two attached hydrogens (primary N) is 1. The first kappa shape index (κ1) is 16.4. The van der Waals surface area contributed by atoms with Crippen molar-refractivity contribution >= 4 is 45.2 Å². The van der Waals surface area contributed by atoms with E-state index in [1.54, 1.807) is 0 Å². The van der Waals surface area contributed by atoms with Gasteiger partial charge in [-0.05, 0) is 0 Å². The Morgan fingerprint density at radius 3 is 2.35 bits per heavy atom. The molecule has 6 nitrogen and oxygen atoms in total. The molecule has 0 spiro atoms. The summed E-state index contributed by atoms with van der Waals surface area (Å²) in [5.74, 6) is -1.27. The normalized spacial score (nSPS) is 13.8. The summed E-state index contributed by atoms with van der Waals surface area (Å²) >= 11 is 6.29. The van der Waals surface area contributed by atoms with Crippen LogP contribution in [0.3, 0.4) is 0 Å². The SMILES string of the molecule is CN(C(=O)CCC(N)C(=O)O)C(CS)C(=O)[Se]. The molecule has 0 aliphatic rings. The van der Waals surface area contributed by atoms with E-state index in [4.69, 9.17) is 10.8 Å². The first-order valence-corrected chi connectivity index (χ1v) is 6.36. The van der Waals surface area contributed by atoms with E-state index in [1.807, 2.05) is 0 Å². The number of likely N-dealkylation sites (N-methyl/N-ethyl adjacent to an activating group) is 1. The van der Waals surface area contributed by atoms with E-state index < -0.39 is 18.1 Å². The quantitative estimate of drug-likeness (QED) is 0.396. The zero-order valence-corrected chi connectivity index (χ0v) is 11.9. The molecule has 0 aliphatic heterocycles. The number of carbonyl (C=O) groups is 3. The van der Waals surface area contributed by atoms with Crippen molar-refractivity contribution in [2.75, 3.05) is 12.8 Å². The maximum absolute atomic E-state index is 11.7. The van der Waals surface area contributed by atoms with E-state index in [-0.39, 0.29) is 29.2 Å². The Morgan fingerprint density at radius 2 is 2.00 bits per heavy atom. The van der Waals surface area contributed by atoms with E-state index >= 15 is 0 Å². The van der Waals surface area contributed by atoms with Gasteiger partial charge < -0.3 is 0 Å². The molecule has 0 saturated heterocycles. The van der Waals surface area contributed by atoms with E-state index in [0.29, 0.717) is 0 Å². The number of aliphatic carboxylic acids is 1. The van der Waals surface area contributed by atoms with Crippen LogP contribution in [-0.4, -0.2) is 67.5 Å². The van der Waals surface area contributed by atoms with Crippen molar-refractivity contribution < 1.29 is 19.5 Å². The zero-order chi connectivity index (χ0) is 13.6. The van der Waals surface area contributed by atoms with Gasteiger partial charge in [0.15, 0.2) is 0 Å². The number of amides is 1. The third kappa shape index (κ3) is 5.54. The monoisotopic (exact) mass is 327 g/mol. The number of hydrogen-bond donors (Lipinski definition) is 3. The topological polar surface area (TPSA) is 101 Å². The summed E-state index contributed by atoms with van der Waals surface area (Å²) in [4.78, 5) is 34.5. The van der Waals surface area contributed by atoms with Gasteiger partial charge in [0.25, 0.3) is 0 Å². The molecular formula is C9H15N2O4SSe. The second-order valence-corrected chi connectivity index (χ2v) is 4.71. The van der Waals surface area contributed by atoms with Gasteiger partial charge in [-0.25, -0.2) is 0 Å². The molecule has 1 amide bonds. The first-order valence-electron chi connectivity index (χ1n) is 4.87. The number of rotatable bonds is 7. The number of thiol groups is 1. The Balaban J connectivity index is 4.31. The van der Waals surface area contributed by atoms with Crippen molar-refractivity contribution in [3.63, 3.8) is 0 Å². The summed E-state index contributed by atoms with van der Waals surface area (Å²) in [6, 6.07) is -1.70. The van der Waals surface area contributed by atoms with Crippen LogP contribution >= 0.6 is 12.6 Å². The summed E-state index contributed by atoms with van der Waals surface area (Å²) in [6.45, 7) is 0. The van der Waals surface area contributed by atoms with E-state index in [2.05, 4.69) is 28.6 Å². The Kier molecular flexibility index (Phi) is 7.45. The Bertz CT molecular complexity index is 313. The van der Waals surface area contributed by atoms with Gasteiger partial charge in [-0.15, -0.1) is 0 Å². The van der Waals surface area contributed by atoms with Crippen LogP contribution in [0.2, 0.25) is 0 Å². The fraction of sp³-hybridized carbons (Fsp3) is 0.667. The molecule has 2 unspecified atom stereocenters. The van der Waals surface area contributed by atoms with Gasteiger partial charge in [0.1, 0.15) is 0 Å². The van der Waals surface area contributed by atoms with Crippen molar-refractivity contribution in [1.29, 1.82) is 0 Å². The van der Waals surface area contributed by atoms with Gasteiger partial charge in [-0.1, -0.05) is 0 Å². The van der Waals surface area contributed by atoms with Crippen LogP contribution in [0.4, 0.5) is 0 Å². The fourth-order valence-corrected chi connectivity index (χ4v) is 2.30. The predicted molar refractivity (Wildman–Crippen MR) is 66.0 cm³/mol. The molecule has 8 heteroatoms. The van der Waals surface area contributed by atoms with Crippen LogP contribution in [-0.2, 0) is 14.4 Å². The molecule has 3 N–H and O–H groups in total. The molecule has 0 heterocycles. The van der Waals surface area contributed by atoms with Crippen molar-refractivity contribution in [1.82, 2.24) is 4.90 Å². The van der Waals surface area contributed by atoms with Gasteiger partial charge in [-0.3, -0.25) is 0 Å². The minimum atomic E-state index is -1.15. The van der Waals surface area contributed by atoms with E-state index in [9.17, 15) is 14.4 Å². The number of carboxylic acids is 1. The van der Waals surface area contributed by atoms with E-state index in [0.717, 1.165) is 0 Å². The third-order valence-electron chi connectivity index (χ3n) is 2.29. The van der Waals surface area contributed by atoms with Gasteiger partial charge in [0, 0.05) is 0 Å². The summed E-state index contributed by atoms with van der Waals surface area (Å²) < 4.78 is -0.279. The molecule has 0 aromatic rings. The Labute approximate surface area is 113 Å². The first-order chi connectivity index (χ1) is 7.81. The molecular weight excluding hydrogens is 311 g/mol. The van der Waals surface area contributed by atoms with Crippen LogP contribution in [0.1, 0.15) is 12.8 Å².